The predicted octanol–water partition coefficient (Wildman–Crippen LogP) is 2.01. The summed E-state index contributed by atoms with van der Waals surface area (Å²) in [5.41, 5.74) is 0.561. The molecule has 0 fully saturated rings. The van der Waals surface area contributed by atoms with Crippen LogP contribution in [0.25, 0.3) is 0 Å². The van der Waals surface area contributed by atoms with Gasteiger partial charge in [0.2, 0.25) is 15.9 Å². The van der Waals surface area contributed by atoms with Gasteiger partial charge in [0.1, 0.15) is 0 Å². The molecule has 0 aromatic heterocycles. The van der Waals surface area contributed by atoms with E-state index in [1.54, 1.807) is 24.3 Å². The third-order valence-corrected chi connectivity index (χ3v) is 5.31. The molecule has 2 amide bonds. The lowest BCUT2D eigenvalue weighted by Crippen LogP contribution is -2.41. The van der Waals surface area contributed by atoms with E-state index < -0.39 is 22.0 Å². The average molecular weight is 396 g/mol. The highest BCUT2D eigenvalue weighted by molar-refractivity contribution is 7.89. The molecular weight excluding hydrogens is 378 g/mol. The summed E-state index contributed by atoms with van der Waals surface area (Å²) < 4.78 is 27.0. The average Bonchev–Trinajstić information content (AvgIpc) is 2.61. The lowest BCUT2D eigenvalue weighted by molar-refractivity contribution is -0.117. The maximum atomic E-state index is 12.3. The van der Waals surface area contributed by atoms with Crippen molar-refractivity contribution in [3.63, 3.8) is 0 Å². The van der Waals surface area contributed by atoms with Crippen molar-refractivity contribution < 1.29 is 18.0 Å². The molecule has 0 spiro atoms. The number of anilines is 1. The Balaban J connectivity index is 2.13. The molecule has 0 aliphatic rings. The predicted molar refractivity (Wildman–Crippen MR) is 99.7 cm³/mol. The molecule has 0 aliphatic heterocycles. The minimum Gasteiger partial charge on any atom is -0.355 e. The SMILES string of the molecule is CNC(=O)c1ccccc1NC(=O)[C@H](C)NS(=O)(=O)c1ccc(Cl)cc1. The molecule has 0 aliphatic carbocycles. The Morgan fingerprint density at radius 1 is 1.04 bits per heavy atom. The minimum absolute atomic E-state index is 0.00712. The first kappa shape index (κ1) is 19.9. The van der Waals surface area contributed by atoms with E-state index in [4.69, 9.17) is 11.6 Å². The van der Waals surface area contributed by atoms with E-state index in [1.165, 1.54) is 38.2 Å². The molecule has 2 aromatic carbocycles. The van der Waals surface area contributed by atoms with E-state index >= 15 is 0 Å². The second kappa shape index (κ2) is 8.31. The highest BCUT2D eigenvalue weighted by Crippen LogP contribution is 2.16. The largest absolute Gasteiger partial charge is 0.355 e. The van der Waals surface area contributed by atoms with Gasteiger partial charge in [-0.3, -0.25) is 9.59 Å². The number of sulfonamides is 1. The summed E-state index contributed by atoms with van der Waals surface area (Å²) >= 11 is 5.75. The van der Waals surface area contributed by atoms with Crippen LogP contribution >= 0.6 is 11.6 Å². The van der Waals surface area contributed by atoms with Crippen molar-refractivity contribution >= 4 is 39.1 Å². The van der Waals surface area contributed by atoms with Crippen LogP contribution in [0.1, 0.15) is 17.3 Å². The van der Waals surface area contributed by atoms with Crippen LogP contribution in [0, 0.1) is 0 Å². The molecule has 7 nitrogen and oxygen atoms in total. The van der Waals surface area contributed by atoms with Crippen LogP contribution in [0.2, 0.25) is 5.02 Å². The van der Waals surface area contributed by atoms with E-state index in [0.717, 1.165) is 0 Å². The minimum atomic E-state index is -3.89. The normalized spacial score (nSPS) is 12.3. The molecule has 2 rings (SSSR count). The zero-order chi connectivity index (χ0) is 19.3. The zero-order valence-electron chi connectivity index (χ0n) is 14.1. The van der Waals surface area contributed by atoms with Crippen molar-refractivity contribution in [1.82, 2.24) is 10.0 Å². The van der Waals surface area contributed by atoms with E-state index in [1.807, 2.05) is 0 Å². The Morgan fingerprint density at radius 2 is 1.65 bits per heavy atom. The smallest absolute Gasteiger partial charge is 0.253 e. The number of amides is 2. The maximum absolute atomic E-state index is 12.3. The monoisotopic (exact) mass is 395 g/mol. The van der Waals surface area contributed by atoms with Gasteiger partial charge in [0.15, 0.2) is 0 Å². The van der Waals surface area contributed by atoms with Crippen molar-refractivity contribution in [2.45, 2.75) is 17.9 Å². The number of rotatable bonds is 6. The van der Waals surface area contributed by atoms with Gasteiger partial charge in [-0.05, 0) is 43.3 Å². The lowest BCUT2D eigenvalue weighted by Gasteiger charge is -2.16. The first-order valence-electron chi connectivity index (χ1n) is 7.64. The molecule has 0 unspecified atom stereocenters. The van der Waals surface area contributed by atoms with Crippen LogP contribution in [-0.4, -0.2) is 33.3 Å². The molecule has 138 valence electrons. The molecule has 3 N–H and O–H groups in total. The van der Waals surface area contributed by atoms with Crippen LogP contribution in [0.5, 0.6) is 0 Å². The van der Waals surface area contributed by atoms with Crippen molar-refractivity contribution in [2.75, 3.05) is 12.4 Å². The van der Waals surface area contributed by atoms with Gasteiger partial charge in [0, 0.05) is 12.1 Å². The van der Waals surface area contributed by atoms with Gasteiger partial charge in [-0.25, -0.2) is 8.42 Å². The first-order chi connectivity index (χ1) is 12.2. The molecule has 2 aromatic rings. The Bertz CT molecular complexity index is 914. The second-order valence-corrected chi connectivity index (χ2v) is 7.56. The maximum Gasteiger partial charge on any atom is 0.253 e. The molecular formula is C17H18ClN3O4S. The van der Waals surface area contributed by atoms with Crippen molar-refractivity contribution in [2.24, 2.45) is 0 Å². The molecule has 0 saturated heterocycles. The fourth-order valence-corrected chi connectivity index (χ4v) is 3.46. The van der Waals surface area contributed by atoms with Crippen LogP contribution in [0.15, 0.2) is 53.4 Å². The summed E-state index contributed by atoms with van der Waals surface area (Å²) in [4.78, 5) is 24.2. The van der Waals surface area contributed by atoms with E-state index in [-0.39, 0.29) is 22.1 Å². The molecule has 0 radical (unpaired) electrons. The molecule has 0 heterocycles. The van der Waals surface area contributed by atoms with Gasteiger partial charge in [-0.15, -0.1) is 0 Å². The molecule has 0 saturated carbocycles. The van der Waals surface area contributed by atoms with Gasteiger partial charge in [0.25, 0.3) is 5.91 Å². The van der Waals surface area contributed by atoms with Crippen LogP contribution in [0.4, 0.5) is 5.69 Å². The standard InChI is InChI=1S/C17H18ClN3O4S/c1-11(21-26(24,25)13-9-7-12(18)8-10-13)16(22)20-15-6-4-3-5-14(15)17(23)19-2/h3-11,21H,1-2H3,(H,19,23)(H,20,22)/t11-/m0/s1. The fourth-order valence-electron chi connectivity index (χ4n) is 2.13. The van der Waals surface area contributed by atoms with Gasteiger partial charge in [0.05, 0.1) is 22.2 Å². The van der Waals surface area contributed by atoms with E-state index in [2.05, 4.69) is 15.4 Å². The highest BCUT2D eigenvalue weighted by atomic mass is 35.5. The summed E-state index contributed by atoms with van der Waals surface area (Å²) in [6, 6.07) is 10.9. The second-order valence-electron chi connectivity index (χ2n) is 5.41. The van der Waals surface area contributed by atoms with Gasteiger partial charge < -0.3 is 10.6 Å². The molecule has 9 heteroatoms. The summed E-state index contributed by atoms with van der Waals surface area (Å²) in [5, 5.41) is 5.44. The molecule has 0 bridgehead atoms. The first-order valence-corrected chi connectivity index (χ1v) is 9.50. The fraction of sp³-hybridized carbons (Fsp3) is 0.176. The number of hydrogen-bond donors (Lipinski definition) is 3. The summed E-state index contributed by atoms with van der Waals surface area (Å²) in [5.74, 6) is -0.964. The number of carbonyl (C=O) groups is 2. The number of nitrogens with one attached hydrogen (secondary N) is 3. The third-order valence-electron chi connectivity index (χ3n) is 3.51. The lowest BCUT2D eigenvalue weighted by atomic mass is 10.1. The third kappa shape index (κ3) is 4.81. The van der Waals surface area contributed by atoms with Crippen LogP contribution in [-0.2, 0) is 14.8 Å². The number of para-hydroxylation sites is 1. The Kier molecular flexibility index (Phi) is 6.36. The summed E-state index contributed by atoms with van der Waals surface area (Å²) in [6.45, 7) is 1.41. The topological polar surface area (TPSA) is 104 Å². The Morgan fingerprint density at radius 3 is 2.27 bits per heavy atom. The zero-order valence-corrected chi connectivity index (χ0v) is 15.7. The Hall–Kier alpha value is -2.42. The number of benzene rings is 2. The summed E-state index contributed by atoms with van der Waals surface area (Å²) in [7, 11) is -2.42. The quantitative estimate of drug-likeness (QED) is 0.695. The van der Waals surface area contributed by atoms with Gasteiger partial charge in [-0.2, -0.15) is 4.72 Å². The van der Waals surface area contributed by atoms with Crippen LogP contribution in [0.3, 0.4) is 0 Å². The number of carbonyl (C=O) groups excluding carboxylic acids is 2. The number of halogens is 1. The van der Waals surface area contributed by atoms with Crippen molar-refractivity contribution in [3.05, 3.63) is 59.1 Å². The molecule has 26 heavy (non-hydrogen) atoms. The van der Waals surface area contributed by atoms with Crippen molar-refractivity contribution in [1.29, 1.82) is 0 Å². The van der Waals surface area contributed by atoms with Crippen molar-refractivity contribution in [3.8, 4) is 0 Å². The summed E-state index contributed by atoms with van der Waals surface area (Å²) in [6.07, 6.45) is 0. The van der Waals surface area contributed by atoms with Crippen LogP contribution < -0.4 is 15.4 Å². The van der Waals surface area contributed by atoms with Gasteiger partial charge >= 0.3 is 0 Å². The highest BCUT2D eigenvalue weighted by Gasteiger charge is 2.23. The van der Waals surface area contributed by atoms with E-state index in [0.29, 0.717) is 5.02 Å². The number of hydrogen-bond acceptors (Lipinski definition) is 4. The Labute approximate surface area is 156 Å². The van der Waals surface area contributed by atoms with E-state index in [9.17, 15) is 18.0 Å². The molecule has 1 atom stereocenters. The van der Waals surface area contributed by atoms with Gasteiger partial charge in [-0.1, -0.05) is 23.7 Å².